The third-order valence-electron chi connectivity index (χ3n) is 3.25. The zero-order valence-corrected chi connectivity index (χ0v) is 11.5. The minimum absolute atomic E-state index is 0.00269. The van der Waals surface area contributed by atoms with Crippen molar-refractivity contribution in [2.75, 3.05) is 0 Å². The minimum Gasteiger partial charge on any atom is -0.349 e. The van der Waals surface area contributed by atoms with E-state index in [1.54, 1.807) is 0 Å². The molecule has 0 aromatic heterocycles. The number of nitrogens with one attached hydrogen (secondary N) is 1. The Labute approximate surface area is 110 Å². The van der Waals surface area contributed by atoms with Crippen LogP contribution in [0.15, 0.2) is 22.7 Å². The molecule has 17 heavy (non-hydrogen) atoms. The van der Waals surface area contributed by atoms with E-state index in [-0.39, 0.29) is 18.0 Å². The Morgan fingerprint density at radius 3 is 2.88 bits per heavy atom. The number of amides is 1. The lowest BCUT2D eigenvalue weighted by Gasteiger charge is -2.13. The van der Waals surface area contributed by atoms with E-state index in [4.69, 9.17) is 5.73 Å². The summed E-state index contributed by atoms with van der Waals surface area (Å²) in [4.78, 5) is 12.1. The molecule has 0 bridgehead atoms. The van der Waals surface area contributed by atoms with Gasteiger partial charge in [0.25, 0.3) is 5.91 Å². The third kappa shape index (κ3) is 3.07. The zero-order valence-electron chi connectivity index (χ0n) is 9.87. The summed E-state index contributed by atoms with van der Waals surface area (Å²) in [5.41, 5.74) is 7.56. The molecule has 1 aromatic carbocycles. The van der Waals surface area contributed by atoms with E-state index < -0.39 is 0 Å². The van der Waals surface area contributed by atoms with E-state index in [1.165, 1.54) is 0 Å². The number of carbonyl (C=O) groups is 1. The number of benzene rings is 1. The maximum atomic E-state index is 12.1. The molecule has 0 heterocycles. The van der Waals surface area contributed by atoms with E-state index in [2.05, 4.69) is 21.2 Å². The number of carbonyl (C=O) groups excluding carboxylic acids is 1. The molecule has 0 spiro atoms. The standard InChI is InChI=1S/C13H17BrN2O/c1-8-2-3-9(14)6-12(8)13(17)16-11-5-4-10(15)7-11/h2-3,6,10-11H,4-5,7,15H2,1H3,(H,16,17). The van der Waals surface area contributed by atoms with Crippen molar-refractivity contribution in [2.24, 2.45) is 5.73 Å². The van der Waals surface area contributed by atoms with Crippen LogP contribution in [0.5, 0.6) is 0 Å². The summed E-state index contributed by atoms with van der Waals surface area (Å²) in [5, 5.41) is 3.05. The fourth-order valence-corrected chi connectivity index (χ4v) is 2.61. The molecule has 2 atom stereocenters. The molecule has 92 valence electrons. The van der Waals surface area contributed by atoms with Gasteiger partial charge in [0.05, 0.1) is 0 Å². The van der Waals surface area contributed by atoms with Gasteiger partial charge in [0.2, 0.25) is 0 Å². The van der Waals surface area contributed by atoms with E-state index >= 15 is 0 Å². The monoisotopic (exact) mass is 296 g/mol. The highest BCUT2D eigenvalue weighted by Crippen LogP contribution is 2.19. The molecular formula is C13H17BrN2O. The molecule has 3 nitrogen and oxygen atoms in total. The van der Waals surface area contributed by atoms with E-state index in [0.717, 1.165) is 34.9 Å². The molecule has 0 aliphatic heterocycles. The fourth-order valence-electron chi connectivity index (χ4n) is 2.25. The molecule has 2 unspecified atom stereocenters. The molecule has 1 saturated carbocycles. The molecule has 0 radical (unpaired) electrons. The van der Waals surface area contributed by atoms with Crippen molar-refractivity contribution in [3.63, 3.8) is 0 Å². The number of aryl methyl sites for hydroxylation is 1. The summed E-state index contributed by atoms with van der Waals surface area (Å²) in [6.07, 6.45) is 2.88. The SMILES string of the molecule is Cc1ccc(Br)cc1C(=O)NC1CCC(N)C1. The van der Waals surface area contributed by atoms with Gasteiger partial charge in [-0.25, -0.2) is 0 Å². The molecule has 1 aliphatic rings. The second kappa shape index (κ2) is 5.19. The van der Waals surface area contributed by atoms with Crippen LogP contribution in [0.2, 0.25) is 0 Å². The van der Waals surface area contributed by atoms with Gasteiger partial charge in [-0.2, -0.15) is 0 Å². The first-order chi connectivity index (χ1) is 8.06. The maximum absolute atomic E-state index is 12.1. The average Bonchev–Trinajstić information content (AvgIpc) is 2.67. The number of nitrogens with two attached hydrogens (primary N) is 1. The summed E-state index contributed by atoms with van der Waals surface area (Å²) in [5.74, 6) is 0.00269. The summed E-state index contributed by atoms with van der Waals surface area (Å²) >= 11 is 3.39. The number of hydrogen-bond donors (Lipinski definition) is 2. The van der Waals surface area contributed by atoms with Gasteiger partial charge in [-0.3, -0.25) is 4.79 Å². The molecule has 0 saturated heterocycles. The third-order valence-corrected chi connectivity index (χ3v) is 3.75. The van der Waals surface area contributed by atoms with E-state index in [1.807, 2.05) is 25.1 Å². The first-order valence-corrected chi connectivity index (χ1v) is 6.68. The summed E-state index contributed by atoms with van der Waals surface area (Å²) < 4.78 is 0.927. The lowest BCUT2D eigenvalue weighted by molar-refractivity contribution is 0.0937. The van der Waals surface area contributed by atoms with Gasteiger partial charge in [0.1, 0.15) is 0 Å². The normalized spacial score (nSPS) is 23.7. The van der Waals surface area contributed by atoms with Crippen molar-refractivity contribution in [1.82, 2.24) is 5.32 Å². The lowest BCUT2D eigenvalue weighted by atomic mass is 10.1. The molecule has 1 fully saturated rings. The lowest BCUT2D eigenvalue weighted by Crippen LogP contribution is -2.34. The van der Waals surface area contributed by atoms with Crippen LogP contribution in [-0.2, 0) is 0 Å². The van der Waals surface area contributed by atoms with E-state index in [9.17, 15) is 4.79 Å². The van der Waals surface area contributed by atoms with Gasteiger partial charge in [-0.15, -0.1) is 0 Å². The number of rotatable bonds is 2. The number of halogens is 1. The zero-order chi connectivity index (χ0) is 12.4. The second-order valence-corrected chi connectivity index (χ2v) is 5.62. The first kappa shape index (κ1) is 12.6. The quantitative estimate of drug-likeness (QED) is 0.880. The minimum atomic E-state index is 0.00269. The van der Waals surface area contributed by atoms with Gasteiger partial charge >= 0.3 is 0 Å². The Morgan fingerprint density at radius 1 is 1.47 bits per heavy atom. The first-order valence-electron chi connectivity index (χ1n) is 5.89. The summed E-state index contributed by atoms with van der Waals surface area (Å²) in [6.45, 7) is 1.95. The van der Waals surface area contributed by atoms with Gasteiger partial charge in [-0.05, 0) is 43.9 Å². The highest BCUT2D eigenvalue weighted by molar-refractivity contribution is 9.10. The van der Waals surface area contributed by atoms with Gasteiger partial charge in [-0.1, -0.05) is 22.0 Å². The summed E-state index contributed by atoms with van der Waals surface area (Å²) in [7, 11) is 0. The van der Waals surface area contributed by atoms with Crippen LogP contribution in [-0.4, -0.2) is 18.0 Å². The highest BCUT2D eigenvalue weighted by atomic mass is 79.9. The van der Waals surface area contributed by atoms with Crippen LogP contribution in [0, 0.1) is 6.92 Å². The van der Waals surface area contributed by atoms with Crippen molar-refractivity contribution >= 4 is 21.8 Å². The maximum Gasteiger partial charge on any atom is 0.251 e. The molecule has 3 N–H and O–H groups in total. The molecule has 1 aliphatic carbocycles. The Kier molecular flexibility index (Phi) is 3.84. The van der Waals surface area contributed by atoms with Crippen LogP contribution in [0.25, 0.3) is 0 Å². The van der Waals surface area contributed by atoms with E-state index in [0.29, 0.717) is 0 Å². The van der Waals surface area contributed by atoms with Crippen molar-refractivity contribution in [3.8, 4) is 0 Å². The fraction of sp³-hybridized carbons (Fsp3) is 0.462. The molecular weight excluding hydrogens is 280 g/mol. The Balaban J connectivity index is 2.06. The largest absolute Gasteiger partial charge is 0.349 e. The topological polar surface area (TPSA) is 55.1 Å². The van der Waals surface area contributed by atoms with Crippen LogP contribution in [0.1, 0.15) is 35.2 Å². The summed E-state index contributed by atoms with van der Waals surface area (Å²) in [6, 6.07) is 6.22. The Hall–Kier alpha value is -0.870. The van der Waals surface area contributed by atoms with Crippen molar-refractivity contribution in [1.29, 1.82) is 0 Å². The molecule has 4 heteroatoms. The Morgan fingerprint density at radius 2 is 2.24 bits per heavy atom. The van der Waals surface area contributed by atoms with Crippen molar-refractivity contribution in [2.45, 2.75) is 38.3 Å². The van der Waals surface area contributed by atoms with Gasteiger partial charge < -0.3 is 11.1 Å². The van der Waals surface area contributed by atoms with Crippen LogP contribution in [0.4, 0.5) is 0 Å². The molecule has 2 rings (SSSR count). The van der Waals surface area contributed by atoms with Crippen LogP contribution >= 0.6 is 15.9 Å². The molecule has 1 aromatic rings. The molecule has 1 amide bonds. The average molecular weight is 297 g/mol. The number of hydrogen-bond acceptors (Lipinski definition) is 2. The van der Waals surface area contributed by atoms with Gasteiger partial charge in [0, 0.05) is 22.1 Å². The predicted octanol–water partition coefficient (Wildman–Crippen LogP) is 2.37. The van der Waals surface area contributed by atoms with Crippen LogP contribution < -0.4 is 11.1 Å². The second-order valence-electron chi connectivity index (χ2n) is 4.70. The van der Waals surface area contributed by atoms with Crippen LogP contribution in [0.3, 0.4) is 0 Å². The van der Waals surface area contributed by atoms with Gasteiger partial charge in [0.15, 0.2) is 0 Å². The highest BCUT2D eigenvalue weighted by Gasteiger charge is 2.23. The smallest absolute Gasteiger partial charge is 0.251 e. The Bertz CT molecular complexity index is 433. The van der Waals surface area contributed by atoms with Crippen molar-refractivity contribution < 1.29 is 4.79 Å². The predicted molar refractivity (Wildman–Crippen MR) is 72.0 cm³/mol. The van der Waals surface area contributed by atoms with Crippen molar-refractivity contribution in [3.05, 3.63) is 33.8 Å².